The smallest absolute Gasteiger partial charge is 0.251 e. The lowest BCUT2D eigenvalue weighted by atomic mass is 10.1. The summed E-state index contributed by atoms with van der Waals surface area (Å²) in [7, 11) is -3.54. The third-order valence-corrected chi connectivity index (χ3v) is 5.15. The highest BCUT2D eigenvalue weighted by Crippen LogP contribution is 2.19. The Morgan fingerprint density at radius 1 is 1.00 bits per heavy atom. The minimum Gasteiger partial charge on any atom is -0.322 e. The van der Waals surface area contributed by atoms with E-state index in [4.69, 9.17) is 0 Å². The molecule has 0 spiro atoms. The minimum atomic E-state index is -3.54. The number of rotatable bonds is 4. The van der Waals surface area contributed by atoms with Gasteiger partial charge in [-0.15, -0.1) is 0 Å². The molecule has 0 bridgehead atoms. The van der Waals surface area contributed by atoms with Crippen molar-refractivity contribution in [3.63, 3.8) is 0 Å². The van der Waals surface area contributed by atoms with Gasteiger partial charge in [-0.05, 0) is 48.6 Å². The van der Waals surface area contributed by atoms with Gasteiger partial charge in [0.1, 0.15) is 0 Å². The molecule has 124 valence electrons. The number of benzene rings is 2. The molecule has 1 aromatic heterocycles. The van der Waals surface area contributed by atoms with Crippen LogP contribution in [0.5, 0.6) is 0 Å². The average molecular weight is 342 g/mol. The molecule has 2 N–H and O–H groups in total. The molecule has 6 heteroatoms. The number of fused-ring (bicyclic) bond motifs is 1. The average Bonchev–Trinajstić information content (AvgIpc) is 2.50. The molecule has 0 unspecified atom stereocenters. The summed E-state index contributed by atoms with van der Waals surface area (Å²) in [5.41, 5.74) is 3.16. The number of hydrogen-bond donors (Lipinski definition) is 2. The van der Waals surface area contributed by atoms with Crippen molar-refractivity contribution in [3.8, 4) is 0 Å². The maximum atomic E-state index is 12.4. The second-order valence-electron chi connectivity index (χ2n) is 5.87. The van der Waals surface area contributed by atoms with Crippen molar-refractivity contribution in [3.05, 3.63) is 75.6 Å². The molecule has 2 aromatic carbocycles. The van der Waals surface area contributed by atoms with Gasteiger partial charge in [0.15, 0.2) is 0 Å². The monoisotopic (exact) mass is 342 g/mol. The van der Waals surface area contributed by atoms with E-state index in [1.54, 1.807) is 37.3 Å². The maximum Gasteiger partial charge on any atom is 0.251 e. The normalized spacial score (nSPS) is 11.6. The highest BCUT2D eigenvalue weighted by Gasteiger charge is 2.13. The van der Waals surface area contributed by atoms with E-state index in [1.807, 2.05) is 25.1 Å². The van der Waals surface area contributed by atoms with Gasteiger partial charge in [0.25, 0.3) is 5.56 Å². The lowest BCUT2D eigenvalue weighted by Gasteiger charge is -2.10. The number of aryl methyl sites for hydroxylation is 2. The molecule has 1 heterocycles. The zero-order valence-electron chi connectivity index (χ0n) is 13.5. The van der Waals surface area contributed by atoms with Gasteiger partial charge in [-0.3, -0.25) is 9.52 Å². The van der Waals surface area contributed by atoms with Crippen molar-refractivity contribution in [1.29, 1.82) is 0 Å². The Bertz CT molecular complexity index is 1070. The number of hydrogen-bond acceptors (Lipinski definition) is 3. The molecule has 0 aliphatic heterocycles. The molecule has 0 aliphatic carbocycles. The fourth-order valence-corrected chi connectivity index (χ4v) is 3.86. The summed E-state index contributed by atoms with van der Waals surface area (Å²) in [6, 6.07) is 14.3. The van der Waals surface area contributed by atoms with Gasteiger partial charge in [0.2, 0.25) is 10.0 Å². The molecule has 3 rings (SSSR count). The second kappa shape index (κ2) is 6.13. The molecule has 5 nitrogen and oxygen atoms in total. The lowest BCUT2D eigenvalue weighted by Crippen LogP contribution is -2.16. The Morgan fingerprint density at radius 2 is 1.75 bits per heavy atom. The van der Waals surface area contributed by atoms with Crippen LogP contribution in [-0.4, -0.2) is 13.4 Å². The fourth-order valence-electron chi connectivity index (χ4n) is 2.57. The van der Waals surface area contributed by atoms with Crippen molar-refractivity contribution in [1.82, 2.24) is 4.98 Å². The van der Waals surface area contributed by atoms with Gasteiger partial charge >= 0.3 is 0 Å². The summed E-state index contributed by atoms with van der Waals surface area (Å²) in [6.45, 7) is 3.62. The zero-order chi connectivity index (χ0) is 17.3. The zero-order valence-corrected chi connectivity index (χ0v) is 14.3. The number of nitrogens with one attached hydrogen (secondary N) is 2. The van der Waals surface area contributed by atoms with Gasteiger partial charge in [0.05, 0.1) is 17.0 Å². The molecule has 0 radical (unpaired) electrons. The van der Waals surface area contributed by atoms with Crippen LogP contribution >= 0.6 is 0 Å². The number of H-pyrrole nitrogens is 1. The van der Waals surface area contributed by atoms with Crippen LogP contribution in [0.3, 0.4) is 0 Å². The van der Waals surface area contributed by atoms with E-state index in [9.17, 15) is 13.2 Å². The molecule has 0 aliphatic rings. The third kappa shape index (κ3) is 3.49. The molecule has 0 fully saturated rings. The van der Waals surface area contributed by atoms with Gasteiger partial charge in [-0.25, -0.2) is 8.42 Å². The van der Waals surface area contributed by atoms with E-state index in [-0.39, 0.29) is 11.3 Å². The van der Waals surface area contributed by atoms with E-state index >= 15 is 0 Å². The predicted octanol–water partition coefficient (Wildman–Crippen LogP) is 3.09. The van der Waals surface area contributed by atoms with Crippen molar-refractivity contribution >= 4 is 26.6 Å². The highest BCUT2D eigenvalue weighted by molar-refractivity contribution is 7.91. The topological polar surface area (TPSA) is 79.0 Å². The van der Waals surface area contributed by atoms with Crippen LogP contribution in [0.4, 0.5) is 5.69 Å². The summed E-state index contributed by atoms with van der Waals surface area (Å²) in [5.74, 6) is -0.0951. The number of pyridine rings is 1. The quantitative estimate of drug-likeness (QED) is 0.765. The Kier molecular flexibility index (Phi) is 4.15. The first-order valence-corrected chi connectivity index (χ1v) is 9.18. The molecule has 0 saturated heterocycles. The van der Waals surface area contributed by atoms with Crippen LogP contribution < -0.4 is 10.3 Å². The molecule has 0 amide bonds. The van der Waals surface area contributed by atoms with Crippen LogP contribution in [0.2, 0.25) is 0 Å². The first kappa shape index (κ1) is 16.3. The van der Waals surface area contributed by atoms with E-state index in [0.29, 0.717) is 16.8 Å². The van der Waals surface area contributed by atoms with Crippen LogP contribution in [0.25, 0.3) is 10.9 Å². The minimum absolute atomic E-state index is 0.0951. The molecular formula is C18H18N2O3S. The molecular weight excluding hydrogens is 324 g/mol. The standard InChI is InChI=1S/C18H18N2O3S/c1-12-5-3-4-6-15(12)11-24(22,23)20-16-8-7-14-9-13(2)18(21)19-17(14)10-16/h3-10,20H,11H2,1-2H3,(H,19,21). The number of aromatic nitrogens is 1. The van der Waals surface area contributed by atoms with Crippen LogP contribution in [-0.2, 0) is 15.8 Å². The lowest BCUT2D eigenvalue weighted by molar-refractivity contribution is 0.600. The number of sulfonamides is 1. The Morgan fingerprint density at radius 3 is 2.50 bits per heavy atom. The Hall–Kier alpha value is -2.60. The third-order valence-electron chi connectivity index (χ3n) is 3.91. The SMILES string of the molecule is Cc1ccccc1CS(=O)(=O)Nc1ccc2cc(C)c(=O)[nH]c2c1. The highest BCUT2D eigenvalue weighted by atomic mass is 32.2. The first-order valence-electron chi connectivity index (χ1n) is 7.53. The summed E-state index contributed by atoms with van der Waals surface area (Å²) >= 11 is 0. The van der Waals surface area contributed by atoms with E-state index in [0.717, 1.165) is 16.5 Å². The van der Waals surface area contributed by atoms with Crippen LogP contribution in [0, 0.1) is 13.8 Å². The molecule has 0 atom stereocenters. The van der Waals surface area contributed by atoms with Crippen LogP contribution in [0.1, 0.15) is 16.7 Å². The summed E-state index contributed by atoms with van der Waals surface area (Å²) in [6.07, 6.45) is 0. The molecule has 24 heavy (non-hydrogen) atoms. The van der Waals surface area contributed by atoms with Gasteiger partial charge in [-0.2, -0.15) is 0 Å². The maximum absolute atomic E-state index is 12.4. The Balaban J connectivity index is 1.89. The molecule has 3 aromatic rings. The van der Waals surface area contributed by atoms with Crippen molar-refractivity contribution < 1.29 is 8.42 Å². The first-order chi connectivity index (χ1) is 11.3. The summed E-state index contributed by atoms with van der Waals surface area (Å²) < 4.78 is 27.4. The predicted molar refractivity (Wildman–Crippen MR) is 96.7 cm³/mol. The van der Waals surface area contributed by atoms with E-state index in [1.165, 1.54) is 0 Å². The van der Waals surface area contributed by atoms with E-state index < -0.39 is 10.0 Å². The number of aromatic amines is 1. The number of anilines is 1. The molecule has 0 saturated carbocycles. The van der Waals surface area contributed by atoms with Crippen molar-refractivity contribution in [2.45, 2.75) is 19.6 Å². The van der Waals surface area contributed by atoms with Crippen molar-refractivity contribution in [2.75, 3.05) is 4.72 Å². The van der Waals surface area contributed by atoms with Gasteiger partial charge in [0, 0.05) is 5.56 Å². The van der Waals surface area contributed by atoms with Crippen molar-refractivity contribution in [2.24, 2.45) is 0 Å². The fraction of sp³-hybridized carbons (Fsp3) is 0.167. The van der Waals surface area contributed by atoms with Crippen LogP contribution in [0.15, 0.2) is 53.3 Å². The summed E-state index contributed by atoms with van der Waals surface area (Å²) in [4.78, 5) is 14.5. The van der Waals surface area contributed by atoms with Gasteiger partial charge < -0.3 is 4.98 Å². The van der Waals surface area contributed by atoms with E-state index in [2.05, 4.69) is 9.71 Å². The van der Waals surface area contributed by atoms with Gasteiger partial charge in [-0.1, -0.05) is 30.3 Å². The summed E-state index contributed by atoms with van der Waals surface area (Å²) in [5, 5.41) is 0.856. The second-order valence-corrected chi connectivity index (χ2v) is 7.59. The Labute approximate surface area is 140 Å². The largest absolute Gasteiger partial charge is 0.322 e.